The van der Waals surface area contributed by atoms with E-state index in [1.54, 1.807) is 54.7 Å². The second-order valence-corrected chi connectivity index (χ2v) is 8.41. The number of benzene rings is 2. The van der Waals surface area contributed by atoms with Crippen molar-refractivity contribution in [2.24, 2.45) is 0 Å². The monoisotopic (exact) mass is 510 g/mol. The number of pyridine rings is 1. The van der Waals surface area contributed by atoms with E-state index in [4.69, 9.17) is 11.6 Å². The topological polar surface area (TPSA) is 117 Å². The zero-order valence-corrected chi connectivity index (χ0v) is 20.1. The summed E-state index contributed by atoms with van der Waals surface area (Å²) in [6, 6.07) is 15.1. The van der Waals surface area contributed by atoms with E-state index < -0.39 is 41.4 Å². The number of carbonyl (C=O) groups is 4. The van der Waals surface area contributed by atoms with Crippen LogP contribution >= 0.6 is 11.6 Å². The average Bonchev–Trinajstić information content (AvgIpc) is 2.87. The summed E-state index contributed by atoms with van der Waals surface area (Å²) in [6.45, 7) is 1.44. The van der Waals surface area contributed by atoms with Crippen molar-refractivity contribution in [2.75, 3.05) is 0 Å². The zero-order valence-electron chi connectivity index (χ0n) is 19.3. The van der Waals surface area contributed by atoms with Crippen LogP contribution in [-0.4, -0.2) is 40.6 Å². The maximum Gasteiger partial charge on any atom is 0.289 e. The molecule has 0 saturated heterocycles. The molecule has 3 N–H and O–H groups in total. The van der Waals surface area contributed by atoms with Gasteiger partial charge in [0, 0.05) is 23.2 Å². The van der Waals surface area contributed by atoms with Crippen molar-refractivity contribution in [3.63, 3.8) is 0 Å². The molecule has 3 rings (SSSR count). The summed E-state index contributed by atoms with van der Waals surface area (Å²) in [5.74, 6) is -3.85. The number of carbonyl (C=O) groups excluding carboxylic acids is 4. The van der Waals surface area contributed by atoms with E-state index in [9.17, 15) is 23.6 Å². The van der Waals surface area contributed by atoms with Gasteiger partial charge in [-0.15, -0.1) is 0 Å². The van der Waals surface area contributed by atoms with Crippen LogP contribution in [0.15, 0.2) is 72.9 Å². The smallest absolute Gasteiger partial charge is 0.289 e. The van der Waals surface area contributed by atoms with Gasteiger partial charge >= 0.3 is 0 Å². The van der Waals surface area contributed by atoms with Crippen molar-refractivity contribution < 1.29 is 23.6 Å². The summed E-state index contributed by atoms with van der Waals surface area (Å²) in [7, 11) is 0. The summed E-state index contributed by atoms with van der Waals surface area (Å²) in [5.41, 5.74) is 1.22. The molecule has 186 valence electrons. The number of hydrogen-bond donors (Lipinski definition) is 3. The summed E-state index contributed by atoms with van der Waals surface area (Å²) in [5, 5.41) is 7.52. The molecule has 0 spiro atoms. The van der Waals surface area contributed by atoms with Gasteiger partial charge in [-0.3, -0.25) is 24.2 Å². The summed E-state index contributed by atoms with van der Waals surface area (Å²) in [6.07, 6.45) is 1.62. The van der Waals surface area contributed by atoms with Gasteiger partial charge in [-0.2, -0.15) is 0 Å². The molecule has 3 aromatic rings. The molecule has 0 aliphatic carbocycles. The lowest BCUT2D eigenvalue weighted by Gasteiger charge is -2.21. The van der Waals surface area contributed by atoms with Gasteiger partial charge in [-0.05, 0) is 42.8 Å². The first-order valence-corrected chi connectivity index (χ1v) is 11.4. The third kappa shape index (κ3) is 7.71. The Morgan fingerprint density at radius 1 is 0.972 bits per heavy atom. The van der Waals surface area contributed by atoms with E-state index in [0.717, 1.165) is 17.7 Å². The van der Waals surface area contributed by atoms with Crippen LogP contribution in [0.5, 0.6) is 0 Å². The quantitative estimate of drug-likeness (QED) is 0.362. The largest absolute Gasteiger partial charge is 0.344 e. The van der Waals surface area contributed by atoms with E-state index in [0.29, 0.717) is 5.69 Å². The highest BCUT2D eigenvalue weighted by atomic mass is 35.5. The molecule has 0 bridgehead atoms. The second kappa shape index (κ2) is 12.6. The van der Waals surface area contributed by atoms with Crippen molar-refractivity contribution in [3.8, 4) is 0 Å². The average molecular weight is 511 g/mol. The molecule has 0 fully saturated rings. The Kier molecular flexibility index (Phi) is 9.24. The van der Waals surface area contributed by atoms with Gasteiger partial charge in [0.2, 0.25) is 11.7 Å². The number of nitrogens with one attached hydrogen (secondary N) is 3. The molecule has 1 aromatic heterocycles. The molecule has 0 aliphatic heterocycles. The van der Waals surface area contributed by atoms with Gasteiger partial charge in [0.15, 0.2) is 0 Å². The van der Waals surface area contributed by atoms with Crippen LogP contribution in [0.25, 0.3) is 0 Å². The fraction of sp³-hybridized carbons (Fsp3) is 0.192. The Hall–Kier alpha value is -4.11. The minimum atomic E-state index is -1.19. The standard InChI is InChI=1S/C26H24ClFN4O4/c1-16(31-25(35)18-12-19(27)14-20(28)13-18)24(34)32-22(11-17-7-3-2-4-8-17)23(33)26(36)30-15-21-9-5-6-10-29-21/h2-10,12-14,16,22H,11,15H2,1H3,(H,30,36)(H,31,35)(H,32,34)/t16-,22-/m1/s1. The molecular formula is C26H24ClFN4O4. The fourth-order valence-electron chi connectivity index (χ4n) is 3.31. The normalized spacial score (nSPS) is 12.2. The highest BCUT2D eigenvalue weighted by molar-refractivity contribution is 6.38. The number of Topliss-reactive ketones (excluding diaryl/α,β-unsaturated/α-hetero) is 1. The van der Waals surface area contributed by atoms with Crippen LogP contribution in [0.4, 0.5) is 4.39 Å². The van der Waals surface area contributed by atoms with Crippen LogP contribution < -0.4 is 16.0 Å². The van der Waals surface area contributed by atoms with Crippen molar-refractivity contribution >= 4 is 35.1 Å². The maximum absolute atomic E-state index is 13.6. The molecule has 0 unspecified atom stereocenters. The first kappa shape index (κ1) is 26.5. The molecular weight excluding hydrogens is 487 g/mol. The number of amides is 3. The molecule has 1 heterocycles. The lowest BCUT2D eigenvalue weighted by Crippen LogP contribution is -2.53. The Morgan fingerprint density at radius 2 is 1.69 bits per heavy atom. The minimum Gasteiger partial charge on any atom is -0.344 e. The minimum absolute atomic E-state index is 0.0301. The van der Waals surface area contributed by atoms with E-state index in [-0.39, 0.29) is 23.6 Å². The molecule has 36 heavy (non-hydrogen) atoms. The van der Waals surface area contributed by atoms with Crippen LogP contribution in [0.1, 0.15) is 28.5 Å². The SMILES string of the molecule is C[C@@H](NC(=O)c1cc(F)cc(Cl)c1)C(=O)N[C@H](Cc1ccccc1)C(=O)C(=O)NCc1ccccn1. The fourth-order valence-corrected chi connectivity index (χ4v) is 3.53. The van der Waals surface area contributed by atoms with Gasteiger partial charge in [0.25, 0.3) is 11.8 Å². The number of nitrogens with zero attached hydrogens (tertiary/aromatic N) is 1. The highest BCUT2D eigenvalue weighted by Crippen LogP contribution is 2.14. The Morgan fingerprint density at radius 3 is 2.36 bits per heavy atom. The summed E-state index contributed by atoms with van der Waals surface area (Å²) >= 11 is 5.79. The van der Waals surface area contributed by atoms with Crippen LogP contribution in [-0.2, 0) is 27.3 Å². The highest BCUT2D eigenvalue weighted by Gasteiger charge is 2.29. The van der Waals surface area contributed by atoms with Gasteiger partial charge in [0.05, 0.1) is 12.2 Å². The number of halogens is 2. The van der Waals surface area contributed by atoms with Crippen molar-refractivity contribution in [1.29, 1.82) is 0 Å². The molecule has 2 aromatic carbocycles. The van der Waals surface area contributed by atoms with Gasteiger partial charge in [-0.1, -0.05) is 48.0 Å². The van der Waals surface area contributed by atoms with Crippen LogP contribution in [0.2, 0.25) is 5.02 Å². The predicted molar refractivity (Wildman–Crippen MR) is 132 cm³/mol. The number of hydrogen-bond acceptors (Lipinski definition) is 5. The number of aromatic nitrogens is 1. The summed E-state index contributed by atoms with van der Waals surface area (Å²) in [4.78, 5) is 54.9. The molecule has 3 amide bonds. The molecule has 8 nitrogen and oxygen atoms in total. The first-order chi connectivity index (χ1) is 17.2. The Balaban J connectivity index is 1.68. The Labute approximate surface area is 212 Å². The second-order valence-electron chi connectivity index (χ2n) is 7.97. The maximum atomic E-state index is 13.6. The van der Waals surface area contributed by atoms with Crippen molar-refractivity contribution in [1.82, 2.24) is 20.9 Å². The van der Waals surface area contributed by atoms with Crippen molar-refractivity contribution in [3.05, 3.63) is 101 Å². The third-order valence-electron chi connectivity index (χ3n) is 5.16. The third-order valence-corrected chi connectivity index (χ3v) is 5.38. The zero-order chi connectivity index (χ0) is 26.1. The number of ketones is 1. The van der Waals surface area contributed by atoms with Crippen LogP contribution in [0.3, 0.4) is 0 Å². The lowest BCUT2D eigenvalue weighted by atomic mass is 10.0. The van der Waals surface area contributed by atoms with E-state index in [2.05, 4.69) is 20.9 Å². The molecule has 0 saturated carbocycles. The molecule has 2 atom stereocenters. The van der Waals surface area contributed by atoms with Crippen molar-refractivity contribution in [2.45, 2.75) is 32.0 Å². The lowest BCUT2D eigenvalue weighted by molar-refractivity contribution is -0.140. The Bertz CT molecular complexity index is 1220. The van der Waals surface area contributed by atoms with Gasteiger partial charge in [-0.25, -0.2) is 4.39 Å². The van der Waals surface area contributed by atoms with Gasteiger partial charge in [0.1, 0.15) is 17.9 Å². The van der Waals surface area contributed by atoms with E-state index in [1.165, 1.54) is 13.0 Å². The molecule has 0 radical (unpaired) electrons. The summed E-state index contributed by atoms with van der Waals surface area (Å²) < 4.78 is 13.6. The van der Waals surface area contributed by atoms with E-state index in [1.807, 2.05) is 0 Å². The first-order valence-electron chi connectivity index (χ1n) is 11.1. The molecule has 10 heteroatoms. The van der Waals surface area contributed by atoms with E-state index >= 15 is 0 Å². The van der Waals surface area contributed by atoms with Crippen LogP contribution in [0, 0.1) is 5.82 Å². The predicted octanol–water partition coefficient (Wildman–Crippen LogP) is 2.61. The molecule has 0 aliphatic rings. The van der Waals surface area contributed by atoms with Gasteiger partial charge < -0.3 is 16.0 Å². The number of rotatable bonds is 10.